The molecule has 0 aliphatic rings. The fourth-order valence-corrected chi connectivity index (χ4v) is 2.23. The summed E-state index contributed by atoms with van der Waals surface area (Å²) in [7, 11) is 1.69. The van der Waals surface area contributed by atoms with E-state index < -0.39 is 0 Å². The zero-order valence-electron chi connectivity index (χ0n) is 14.4. The van der Waals surface area contributed by atoms with Crippen LogP contribution in [-0.4, -0.2) is 24.6 Å². The maximum atomic E-state index is 5.28. The SMILES string of the molecule is CCNC(=NCc1ccc(OC)c(C)c1)NCc1ccccn1.I. The van der Waals surface area contributed by atoms with Crippen molar-refractivity contribution in [3.05, 3.63) is 59.4 Å². The highest BCUT2D eigenvalue weighted by molar-refractivity contribution is 14.0. The average Bonchev–Trinajstić information content (AvgIpc) is 2.58. The van der Waals surface area contributed by atoms with Crippen LogP contribution in [0.5, 0.6) is 5.75 Å². The van der Waals surface area contributed by atoms with Crippen molar-refractivity contribution in [1.82, 2.24) is 15.6 Å². The minimum absolute atomic E-state index is 0. The summed E-state index contributed by atoms with van der Waals surface area (Å²) in [5.41, 5.74) is 3.25. The molecule has 0 amide bonds. The van der Waals surface area contributed by atoms with Gasteiger partial charge in [-0.2, -0.15) is 0 Å². The van der Waals surface area contributed by atoms with Crippen molar-refractivity contribution in [2.75, 3.05) is 13.7 Å². The quantitative estimate of drug-likeness (QED) is 0.411. The first kappa shape index (κ1) is 20.2. The van der Waals surface area contributed by atoms with E-state index >= 15 is 0 Å². The van der Waals surface area contributed by atoms with Gasteiger partial charge in [0.1, 0.15) is 5.75 Å². The number of halogens is 1. The van der Waals surface area contributed by atoms with Crippen LogP contribution in [0, 0.1) is 6.92 Å². The number of nitrogens with one attached hydrogen (secondary N) is 2. The van der Waals surface area contributed by atoms with Crippen LogP contribution in [-0.2, 0) is 13.1 Å². The molecule has 0 saturated carbocycles. The molecule has 0 aliphatic heterocycles. The molecular weight excluding hydrogens is 415 g/mol. The second-order valence-corrected chi connectivity index (χ2v) is 5.17. The summed E-state index contributed by atoms with van der Waals surface area (Å²) >= 11 is 0. The number of rotatable bonds is 6. The minimum Gasteiger partial charge on any atom is -0.496 e. The number of nitrogens with zero attached hydrogens (tertiary/aromatic N) is 2. The van der Waals surface area contributed by atoms with Crippen LogP contribution in [0.3, 0.4) is 0 Å². The molecular formula is C18H25IN4O. The van der Waals surface area contributed by atoms with E-state index in [0.29, 0.717) is 13.1 Å². The molecule has 2 rings (SSSR count). The van der Waals surface area contributed by atoms with E-state index in [-0.39, 0.29) is 24.0 Å². The van der Waals surface area contributed by atoms with Gasteiger partial charge in [0.25, 0.3) is 0 Å². The highest BCUT2D eigenvalue weighted by atomic mass is 127. The first-order valence-corrected chi connectivity index (χ1v) is 7.78. The van der Waals surface area contributed by atoms with Crippen molar-refractivity contribution in [2.24, 2.45) is 4.99 Å². The molecule has 130 valence electrons. The molecule has 6 heteroatoms. The number of pyridine rings is 1. The van der Waals surface area contributed by atoms with E-state index in [1.807, 2.05) is 37.3 Å². The van der Waals surface area contributed by atoms with E-state index in [9.17, 15) is 0 Å². The third-order valence-electron chi connectivity index (χ3n) is 3.39. The topological polar surface area (TPSA) is 58.5 Å². The van der Waals surface area contributed by atoms with Gasteiger partial charge < -0.3 is 15.4 Å². The molecule has 0 bridgehead atoms. The third-order valence-corrected chi connectivity index (χ3v) is 3.39. The number of benzene rings is 1. The molecule has 0 fully saturated rings. The van der Waals surface area contributed by atoms with Gasteiger partial charge in [-0.05, 0) is 43.2 Å². The molecule has 1 aromatic carbocycles. The second kappa shape index (κ2) is 10.9. The van der Waals surface area contributed by atoms with Gasteiger partial charge in [-0.25, -0.2) is 4.99 Å². The van der Waals surface area contributed by atoms with Gasteiger partial charge in [0.05, 0.1) is 25.9 Å². The fraction of sp³-hybridized carbons (Fsp3) is 0.333. The Balaban J connectivity index is 0.00000288. The zero-order valence-corrected chi connectivity index (χ0v) is 16.7. The lowest BCUT2D eigenvalue weighted by Gasteiger charge is -2.11. The molecule has 0 radical (unpaired) electrons. The Kier molecular flexibility index (Phi) is 9.14. The summed E-state index contributed by atoms with van der Waals surface area (Å²) in [4.78, 5) is 8.92. The number of ether oxygens (including phenoxy) is 1. The third kappa shape index (κ3) is 6.35. The highest BCUT2D eigenvalue weighted by Gasteiger charge is 2.01. The van der Waals surface area contributed by atoms with E-state index in [4.69, 9.17) is 4.74 Å². The first-order chi connectivity index (χ1) is 11.2. The number of hydrogen-bond acceptors (Lipinski definition) is 3. The Labute approximate surface area is 161 Å². The summed E-state index contributed by atoms with van der Waals surface area (Å²) < 4.78 is 5.28. The highest BCUT2D eigenvalue weighted by Crippen LogP contribution is 2.18. The summed E-state index contributed by atoms with van der Waals surface area (Å²) in [6.07, 6.45) is 1.79. The molecule has 1 heterocycles. The summed E-state index contributed by atoms with van der Waals surface area (Å²) in [5, 5.41) is 6.54. The standard InChI is InChI=1S/C18H24N4O.HI/c1-4-19-18(22-13-16-7-5-6-10-20-16)21-12-15-8-9-17(23-3)14(2)11-15;/h5-11H,4,12-13H2,1-3H3,(H2,19,21,22);1H. The van der Waals surface area contributed by atoms with Crippen LogP contribution >= 0.6 is 24.0 Å². The first-order valence-electron chi connectivity index (χ1n) is 7.78. The van der Waals surface area contributed by atoms with E-state index in [0.717, 1.165) is 35.1 Å². The number of hydrogen-bond donors (Lipinski definition) is 2. The van der Waals surface area contributed by atoms with Crippen LogP contribution in [0.4, 0.5) is 0 Å². The largest absolute Gasteiger partial charge is 0.496 e. The molecule has 2 aromatic rings. The monoisotopic (exact) mass is 440 g/mol. The fourth-order valence-electron chi connectivity index (χ4n) is 2.23. The molecule has 24 heavy (non-hydrogen) atoms. The molecule has 0 spiro atoms. The maximum Gasteiger partial charge on any atom is 0.191 e. The van der Waals surface area contributed by atoms with Crippen LogP contribution in [0.25, 0.3) is 0 Å². The smallest absolute Gasteiger partial charge is 0.191 e. The molecule has 0 saturated heterocycles. The van der Waals surface area contributed by atoms with Gasteiger partial charge in [-0.15, -0.1) is 24.0 Å². The molecule has 5 nitrogen and oxygen atoms in total. The number of guanidine groups is 1. The van der Waals surface area contributed by atoms with Crippen molar-refractivity contribution in [2.45, 2.75) is 26.9 Å². The van der Waals surface area contributed by atoms with Crippen molar-refractivity contribution < 1.29 is 4.74 Å². The van der Waals surface area contributed by atoms with Crippen LogP contribution in [0.2, 0.25) is 0 Å². The van der Waals surface area contributed by atoms with Crippen LogP contribution in [0.1, 0.15) is 23.7 Å². The van der Waals surface area contributed by atoms with Gasteiger partial charge >= 0.3 is 0 Å². The summed E-state index contributed by atoms with van der Waals surface area (Å²) in [6, 6.07) is 12.0. The Bertz CT molecular complexity index is 647. The lowest BCUT2D eigenvalue weighted by Crippen LogP contribution is -2.37. The molecule has 2 N–H and O–H groups in total. The minimum atomic E-state index is 0. The number of aromatic nitrogens is 1. The predicted molar refractivity (Wildman–Crippen MR) is 109 cm³/mol. The van der Waals surface area contributed by atoms with E-state index in [2.05, 4.69) is 33.6 Å². The second-order valence-electron chi connectivity index (χ2n) is 5.17. The maximum absolute atomic E-state index is 5.28. The van der Waals surface area contributed by atoms with Crippen molar-refractivity contribution in [3.8, 4) is 5.75 Å². The van der Waals surface area contributed by atoms with E-state index in [1.165, 1.54) is 0 Å². The van der Waals surface area contributed by atoms with Gasteiger partial charge in [0, 0.05) is 12.7 Å². The van der Waals surface area contributed by atoms with Crippen molar-refractivity contribution in [3.63, 3.8) is 0 Å². The lowest BCUT2D eigenvalue weighted by atomic mass is 10.1. The molecule has 0 atom stereocenters. The van der Waals surface area contributed by atoms with Gasteiger partial charge in [0.2, 0.25) is 0 Å². The Hall–Kier alpha value is -1.83. The summed E-state index contributed by atoms with van der Waals surface area (Å²) in [6.45, 7) is 6.17. The average molecular weight is 440 g/mol. The molecule has 0 aliphatic carbocycles. The zero-order chi connectivity index (χ0) is 16.5. The Morgan fingerprint density at radius 1 is 1.21 bits per heavy atom. The van der Waals surface area contributed by atoms with Gasteiger partial charge in [-0.3, -0.25) is 4.98 Å². The number of methoxy groups -OCH3 is 1. The Morgan fingerprint density at radius 2 is 2.04 bits per heavy atom. The molecule has 1 aromatic heterocycles. The van der Waals surface area contributed by atoms with Gasteiger partial charge in [0.15, 0.2) is 5.96 Å². The molecule has 0 unspecified atom stereocenters. The lowest BCUT2D eigenvalue weighted by molar-refractivity contribution is 0.411. The Morgan fingerprint density at radius 3 is 2.67 bits per heavy atom. The van der Waals surface area contributed by atoms with Crippen molar-refractivity contribution in [1.29, 1.82) is 0 Å². The normalized spacial score (nSPS) is 10.7. The van der Waals surface area contributed by atoms with Crippen LogP contribution in [0.15, 0.2) is 47.6 Å². The van der Waals surface area contributed by atoms with Crippen LogP contribution < -0.4 is 15.4 Å². The predicted octanol–water partition coefficient (Wildman–Crippen LogP) is 3.27. The number of aliphatic imine (C=N–C) groups is 1. The van der Waals surface area contributed by atoms with Crippen molar-refractivity contribution >= 4 is 29.9 Å². The van der Waals surface area contributed by atoms with E-state index in [1.54, 1.807) is 13.3 Å². The van der Waals surface area contributed by atoms with Gasteiger partial charge in [-0.1, -0.05) is 18.2 Å². The summed E-state index contributed by atoms with van der Waals surface area (Å²) in [5.74, 6) is 1.68. The number of aryl methyl sites for hydroxylation is 1.